The van der Waals surface area contributed by atoms with E-state index in [0.29, 0.717) is 13.1 Å². The molecule has 1 heterocycles. The lowest BCUT2D eigenvalue weighted by atomic mass is 10.2. The number of urea groups is 1. The van der Waals surface area contributed by atoms with Gasteiger partial charge in [0.05, 0.1) is 11.9 Å². The normalized spacial score (nSPS) is 10.3. The maximum Gasteiger partial charge on any atom is 0.315 e. The fourth-order valence-electron chi connectivity index (χ4n) is 2.37. The van der Waals surface area contributed by atoms with Crippen LogP contribution in [0.4, 0.5) is 4.79 Å². The third kappa shape index (κ3) is 4.46. The van der Waals surface area contributed by atoms with E-state index < -0.39 is 0 Å². The second-order valence-corrected chi connectivity index (χ2v) is 5.47. The van der Waals surface area contributed by atoms with Gasteiger partial charge in [-0.05, 0) is 29.7 Å². The van der Waals surface area contributed by atoms with Crippen molar-refractivity contribution in [1.82, 2.24) is 20.4 Å². The predicted molar refractivity (Wildman–Crippen MR) is 93.9 cm³/mol. The van der Waals surface area contributed by atoms with Gasteiger partial charge in [0.25, 0.3) is 0 Å². The number of nitrogens with zero attached hydrogens (tertiary/aromatic N) is 2. The van der Waals surface area contributed by atoms with E-state index in [2.05, 4.69) is 15.7 Å². The molecule has 1 aromatic heterocycles. The van der Waals surface area contributed by atoms with Gasteiger partial charge in [0.15, 0.2) is 0 Å². The Labute approximate surface area is 141 Å². The second-order valence-electron chi connectivity index (χ2n) is 5.47. The van der Waals surface area contributed by atoms with Crippen LogP contribution in [0.1, 0.15) is 11.1 Å². The largest absolute Gasteiger partial charge is 0.338 e. The van der Waals surface area contributed by atoms with Crippen LogP contribution in [0, 0.1) is 0 Å². The van der Waals surface area contributed by atoms with Crippen LogP contribution in [-0.2, 0) is 13.0 Å². The molecule has 0 unspecified atom stereocenters. The van der Waals surface area contributed by atoms with Crippen LogP contribution in [0.3, 0.4) is 0 Å². The van der Waals surface area contributed by atoms with Crippen molar-refractivity contribution in [2.24, 2.45) is 0 Å². The van der Waals surface area contributed by atoms with Crippen molar-refractivity contribution in [3.8, 4) is 5.69 Å². The summed E-state index contributed by atoms with van der Waals surface area (Å²) in [6.07, 6.45) is 4.56. The van der Waals surface area contributed by atoms with Crippen molar-refractivity contribution in [2.45, 2.75) is 13.0 Å². The first-order valence-electron chi connectivity index (χ1n) is 7.96. The number of benzene rings is 2. The molecule has 0 aliphatic heterocycles. The number of hydrogen-bond acceptors (Lipinski definition) is 2. The van der Waals surface area contributed by atoms with Gasteiger partial charge >= 0.3 is 6.03 Å². The summed E-state index contributed by atoms with van der Waals surface area (Å²) in [7, 11) is 0. The monoisotopic (exact) mass is 320 g/mol. The lowest BCUT2D eigenvalue weighted by Crippen LogP contribution is -2.36. The Morgan fingerprint density at radius 1 is 0.917 bits per heavy atom. The molecule has 5 heteroatoms. The topological polar surface area (TPSA) is 59.0 Å². The predicted octanol–water partition coefficient (Wildman–Crippen LogP) is 2.91. The van der Waals surface area contributed by atoms with E-state index in [-0.39, 0.29) is 6.03 Å². The Balaban J connectivity index is 1.42. The van der Waals surface area contributed by atoms with E-state index in [1.807, 2.05) is 77.7 Å². The molecule has 122 valence electrons. The lowest BCUT2D eigenvalue weighted by Gasteiger charge is -2.07. The van der Waals surface area contributed by atoms with Gasteiger partial charge in [0.2, 0.25) is 0 Å². The quantitative estimate of drug-likeness (QED) is 0.734. The minimum absolute atomic E-state index is 0.158. The summed E-state index contributed by atoms with van der Waals surface area (Å²) in [4.78, 5) is 11.8. The van der Waals surface area contributed by atoms with Crippen molar-refractivity contribution in [2.75, 3.05) is 6.54 Å². The molecule has 0 spiro atoms. The fraction of sp³-hybridized carbons (Fsp3) is 0.158. The van der Waals surface area contributed by atoms with Crippen LogP contribution in [0.5, 0.6) is 0 Å². The zero-order valence-corrected chi connectivity index (χ0v) is 13.4. The average Bonchev–Trinajstić information content (AvgIpc) is 3.11. The number of carbonyl (C=O) groups excluding carboxylic acids is 1. The van der Waals surface area contributed by atoms with Gasteiger partial charge in [0.1, 0.15) is 0 Å². The Morgan fingerprint density at radius 2 is 1.62 bits per heavy atom. The summed E-state index contributed by atoms with van der Waals surface area (Å²) in [5.41, 5.74) is 3.19. The summed E-state index contributed by atoms with van der Waals surface area (Å²) >= 11 is 0. The zero-order valence-electron chi connectivity index (χ0n) is 13.4. The highest BCUT2D eigenvalue weighted by molar-refractivity contribution is 5.73. The van der Waals surface area contributed by atoms with E-state index in [4.69, 9.17) is 0 Å². The first-order chi connectivity index (χ1) is 11.8. The van der Waals surface area contributed by atoms with Crippen LogP contribution in [0.15, 0.2) is 73.1 Å². The van der Waals surface area contributed by atoms with E-state index >= 15 is 0 Å². The Hall–Kier alpha value is -3.08. The Morgan fingerprint density at radius 3 is 2.38 bits per heavy atom. The van der Waals surface area contributed by atoms with Gasteiger partial charge in [-0.1, -0.05) is 48.5 Å². The molecule has 0 bridgehead atoms. The van der Waals surface area contributed by atoms with Crippen molar-refractivity contribution < 1.29 is 4.79 Å². The van der Waals surface area contributed by atoms with Gasteiger partial charge in [-0.25, -0.2) is 9.48 Å². The van der Waals surface area contributed by atoms with E-state index in [9.17, 15) is 4.79 Å². The molecule has 0 fully saturated rings. The van der Waals surface area contributed by atoms with Crippen molar-refractivity contribution >= 4 is 6.03 Å². The van der Waals surface area contributed by atoms with E-state index in [1.165, 1.54) is 0 Å². The third-order valence-electron chi connectivity index (χ3n) is 3.65. The fourth-order valence-corrected chi connectivity index (χ4v) is 2.37. The van der Waals surface area contributed by atoms with Gasteiger partial charge < -0.3 is 10.6 Å². The molecule has 0 aliphatic rings. The number of nitrogens with one attached hydrogen (secondary N) is 2. The number of aromatic nitrogens is 2. The third-order valence-corrected chi connectivity index (χ3v) is 3.65. The molecule has 2 aromatic carbocycles. The molecule has 0 atom stereocenters. The van der Waals surface area contributed by atoms with Crippen LogP contribution in [-0.4, -0.2) is 22.4 Å². The highest BCUT2D eigenvalue weighted by Crippen LogP contribution is 2.07. The van der Waals surface area contributed by atoms with Gasteiger partial charge in [0, 0.05) is 19.3 Å². The molecular weight excluding hydrogens is 300 g/mol. The van der Waals surface area contributed by atoms with Gasteiger partial charge in [-0.2, -0.15) is 5.10 Å². The number of amides is 2. The molecule has 0 radical (unpaired) electrons. The summed E-state index contributed by atoms with van der Waals surface area (Å²) in [5, 5.41) is 10.1. The standard InChI is InChI=1S/C19H20N4O/c24-19(21-13-16-7-3-1-4-8-16)20-12-11-17-14-22-23(15-17)18-9-5-2-6-10-18/h1-10,14-15H,11-13H2,(H2,20,21,24). The first kappa shape index (κ1) is 15.8. The molecule has 0 saturated heterocycles. The summed E-state index contributed by atoms with van der Waals surface area (Å²) < 4.78 is 1.84. The van der Waals surface area contributed by atoms with Crippen LogP contribution < -0.4 is 10.6 Å². The molecule has 3 rings (SSSR count). The van der Waals surface area contributed by atoms with Crippen molar-refractivity contribution in [1.29, 1.82) is 0 Å². The second kappa shape index (κ2) is 7.97. The molecule has 0 aliphatic carbocycles. The van der Waals surface area contributed by atoms with Crippen LogP contribution in [0.25, 0.3) is 5.69 Å². The molecule has 2 amide bonds. The molecular formula is C19H20N4O. The van der Waals surface area contributed by atoms with Gasteiger partial charge in [-0.15, -0.1) is 0 Å². The van der Waals surface area contributed by atoms with Crippen LogP contribution in [0.2, 0.25) is 0 Å². The molecule has 5 nitrogen and oxygen atoms in total. The number of carbonyl (C=O) groups is 1. The maximum atomic E-state index is 11.8. The number of rotatable bonds is 6. The first-order valence-corrected chi connectivity index (χ1v) is 7.96. The minimum Gasteiger partial charge on any atom is -0.338 e. The summed E-state index contributed by atoms with van der Waals surface area (Å²) in [6.45, 7) is 1.10. The van der Waals surface area contributed by atoms with E-state index in [0.717, 1.165) is 23.2 Å². The van der Waals surface area contributed by atoms with Gasteiger partial charge in [-0.3, -0.25) is 0 Å². The highest BCUT2D eigenvalue weighted by atomic mass is 16.2. The van der Waals surface area contributed by atoms with E-state index in [1.54, 1.807) is 0 Å². The molecule has 3 aromatic rings. The minimum atomic E-state index is -0.158. The molecule has 24 heavy (non-hydrogen) atoms. The van der Waals surface area contributed by atoms with Crippen molar-refractivity contribution in [3.63, 3.8) is 0 Å². The molecule has 2 N–H and O–H groups in total. The smallest absolute Gasteiger partial charge is 0.315 e. The van der Waals surface area contributed by atoms with Crippen LogP contribution >= 0.6 is 0 Å². The number of para-hydroxylation sites is 1. The number of hydrogen-bond donors (Lipinski definition) is 2. The zero-order chi connectivity index (χ0) is 16.6. The molecule has 0 saturated carbocycles. The Kier molecular flexibility index (Phi) is 5.24. The van der Waals surface area contributed by atoms with Crippen molar-refractivity contribution in [3.05, 3.63) is 84.2 Å². The average molecular weight is 320 g/mol. The highest BCUT2D eigenvalue weighted by Gasteiger charge is 2.03. The summed E-state index contributed by atoms with van der Waals surface area (Å²) in [6, 6.07) is 19.6. The maximum absolute atomic E-state index is 11.8. The summed E-state index contributed by atoms with van der Waals surface area (Å²) in [5.74, 6) is 0. The Bertz CT molecular complexity index is 768. The lowest BCUT2D eigenvalue weighted by molar-refractivity contribution is 0.240. The SMILES string of the molecule is O=C(NCCc1cnn(-c2ccccc2)c1)NCc1ccccc1.